The van der Waals surface area contributed by atoms with Crippen LogP contribution >= 0.6 is 11.8 Å². The molecule has 2 N–H and O–H groups in total. The van der Waals surface area contributed by atoms with Gasteiger partial charge < -0.3 is 15.4 Å². The predicted molar refractivity (Wildman–Crippen MR) is 81.0 cm³/mol. The standard InChI is InChI=1S/C14H20F2N2O2S/c1-14(2,3)20-13(19)18-9-8-17-10-4-6-11(7-5-10)21-12(15)16/h4-7,12,17H,8-9H2,1-3H3,(H,18,19). The molecule has 118 valence electrons. The Morgan fingerprint density at radius 1 is 1.24 bits per heavy atom. The van der Waals surface area contributed by atoms with E-state index in [2.05, 4.69) is 10.6 Å². The topological polar surface area (TPSA) is 50.4 Å². The maximum Gasteiger partial charge on any atom is 0.407 e. The highest BCUT2D eigenvalue weighted by atomic mass is 32.2. The Bertz CT molecular complexity index is 447. The Labute approximate surface area is 127 Å². The zero-order chi connectivity index (χ0) is 15.9. The molecular weight excluding hydrogens is 298 g/mol. The number of thioether (sulfide) groups is 1. The number of alkyl halides is 2. The molecule has 4 nitrogen and oxygen atoms in total. The van der Waals surface area contributed by atoms with Crippen molar-refractivity contribution in [2.45, 2.75) is 37.0 Å². The molecule has 0 spiro atoms. The average molecular weight is 318 g/mol. The van der Waals surface area contributed by atoms with Crippen molar-refractivity contribution in [2.75, 3.05) is 18.4 Å². The Morgan fingerprint density at radius 3 is 2.38 bits per heavy atom. The number of nitrogens with one attached hydrogen (secondary N) is 2. The van der Waals surface area contributed by atoms with E-state index in [1.165, 1.54) is 0 Å². The van der Waals surface area contributed by atoms with Crippen LogP contribution in [0.5, 0.6) is 0 Å². The van der Waals surface area contributed by atoms with Crippen LogP contribution in [0.3, 0.4) is 0 Å². The van der Waals surface area contributed by atoms with Gasteiger partial charge in [0, 0.05) is 23.7 Å². The third-order valence-corrected chi connectivity index (χ3v) is 2.92. The maximum atomic E-state index is 12.2. The Kier molecular flexibility index (Phi) is 6.74. The van der Waals surface area contributed by atoms with E-state index in [0.29, 0.717) is 29.7 Å². The van der Waals surface area contributed by atoms with Gasteiger partial charge >= 0.3 is 6.09 Å². The molecule has 1 aromatic rings. The van der Waals surface area contributed by atoms with Crippen molar-refractivity contribution in [2.24, 2.45) is 0 Å². The van der Waals surface area contributed by atoms with Crippen LogP contribution in [0, 0.1) is 0 Å². The van der Waals surface area contributed by atoms with E-state index in [4.69, 9.17) is 4.74 Å². The molecule has 0 bridgehead atoms. The molecule has 0 saturated carbocycles. The van der Waals surface area contributed by atoms with E-state index in [1.54, 1.807) is 45.0 Å². The second-order valence-electron chi connectivity index (χ2n) is 5.26. The molecule has 0 radical (unpaired) electrons. The first-order chi connectivity index (χ1) is 9.76. The lowest BCUT2D eigenvalue weighted by atomic mass is 10.2. The first-order valence-electron chi connectivity index (χ1n) is 6.52. The van der Waals surface area contributed by atoms with Crippen LogP contribution in [0.2, 0.25) is 0 Å². The summed E-state index contributed by atoms with van der Waals surface area (Å²) in [6.45, 7) is 6.31. The van der Waals surface area contributed by atoms with E-state index < -0.39 is 17.5 Å². The zero-order valence-electron chi connectivity index (χ0n) is 12.3. The second-order valence-corrected chi connectivity index (χ2v) is 6.32. The van der Waals surface area contributed by atoms with Crippen molar-refractivity contribution in [1.29, 1.82) is 0 Å². The van der Waals surface area contributed by atoms with Crippen molar-refractivity contribution >= 4 is 23.5 Å². The largest absolute Gasteiger partial charge is 0.444 e. The number of hydrogen-bond donors (Lipinski definition) is 2. The SMILES string of the molecule is CC(C)(C)OC(=O)NCCNc1ccc(SC(F)F)cc1. The smallest absolute Gasteiger partial charge is 0.407 e. The van der Waals surface area contributed by atoms with Crippen LogP contribution in [-0.2, 0) is 4.74 Å². The molecule has 1 amide bonds. The molecule has 0 aliphatic heterocycles. The number of carbonyl (C=O) groups excluding carboxylic acids is 1. The summed E-state index contributed by atoms with van der Waals surface area (Å²) in [5.41, 5.74) is 0.287. The Hall–Kier alpha value is -1.50. The van der Waals surface area contributed by atoms with Gasteiger partial charge in [0.1, 0.15) is 5.60 Å². The number of carbonyl (C=O) groups is 1. The molecule has 0 saturated heterocycles. The molecule has 0 fully saturated rings. The normalized spacial score (nSPS) is 11.3. The molecule has 21 heavy (non-hydrogen) atoms. The molecular formula is C14H20F2N2O2S. The molecule has 0 unspecified atom stereocenters. The van der Waals surface area contributed by atoms with Gasteiger partial charge in [0.15, 0.2) is 0 Å². The maximum absolute atomic E-state index is 12.2. The highest BCUT2D eigenvalue weighted by molar-refractivity contribution is 7.99. The van der Waals surface area contributed by atoms with Crippen LogP contribution in [0.4, 0.5) is 19.3 Å². The van der Waals surface area contributed by atoms with Gasteiger partial charge in [0.05, 0.1) is 0 Å². The summed E-state index contributed by atoms with van der Waals surface area (Å²) in [4.78, 5) is 11.9. The number of ether oxygens (including phenoxy) is 1. The lowest BCUT2D eigenvalue weighted by Crippen LogP contribution is -2.34. The number of benzene rings is 1. The average Bonchev–Trinajstić information content (AvgIpc) is 2.34. The quantitative estimate of drug-likeness (QED) is 0.616. The van der Waals surface area contributed by atoms with Crippen LogP contribution in [0.1, 0.15) is 20.8 Å². The van der Waals surface area contributed by atoms with E-state index in [-0.39, 0.29) is 0 Å². The number of rotatable bonds is 6. The van der Waals surface area contributed by atoms with Crippen LogP contribution in [0.25, 0.3) is 0 Å². The molecule has 0 atom stereocenters. The van der Waals surface area contributed by atoms with E-state index in [1.807, 2.05) is 0 Å². The van der Waals surface area contributed by atoms with Crippen LogP contribution in [-0.4, -0.2) is 30.5 Å². The minimum Gasteiger partial charge on any atom is -0.444 e. The van der Waals surface area contributed by atoms with E-state index >= 15 is 0 Å². The van der Waals surface area contributed by atoms with Crippen LogP contribution in [0.15, 0.2) is 29.2 Å². The van der Waals surface area contributed by atoms with Gasteiger partial charge in [-0.25, -0.2) is 4.79 Å². The van der Waals surface area contributed by atoms with Crippen molar-refractivity contribution < 1.29 is 18.3 Å². The van der Waals surface area contributed by atoms with Crippen molar-refractivity contribution in [3.05, 3.63) is 24.3 Å². The lowest BCUT2D eigenvalue weighted by Gasteiger charge is -2.19. The van der Waals surface area contributed by atoms with E-state index in [0.717, 1.165) is 5.69 Å². The third kappa shape index (κ3) is 8.39. The van der Waals surface area contributed by atoms with Gasteiger partial charge in [-0.1, -0.05) is 11.8 Å². The number of hydrogen-bond acceptors (Lipinski definition) is 4. The molecule has 0 aliphatic carbocycles. The first-order valence-corrected chi connectivity index (χ1v) is 7.40. The minimum absolute atomic E-state index is 0.405. The minimum atomic E-state index is -2.41. The summed E-state index contributed by atoms with van der Waals surface area (Å²) in [5, 5.41) is 5.70. The molecule has 0 aliphatic rings. The number of alkyl carbamates (subject to hydrolysis) is 1. The van der Waals surface area contributed by atoms with Crippen LogP contribution < -0.4 is 10.6 Å². The summed E-state index contributed by atoms with van der Waals surface area (Å²) in [7, 11) is 0. The fourth-order valence-corrected chi connectivity index (χ4v) is 1.94. The van der Waals surface area contributed by atoms with Gasteiger partial charge in [-0.3, -0.25) is 0 Å². The summed E-state index contributed by atoms with van der Waals surface area (Å²) in [6, 6.07) is 6.69. The third-order valence-electron chi connectivity index (χ3n) is 2.20. The van der Waals surface area contributed by atoms with Gasteiger partial charge in [-0.05, 0) is 45.0 Å². The van der Waals surface area contributed by atoms with Crippen molar-refractivity contribution in [3.63, 3.8) is 0 Å². The van der Waals surface area contributed by atoms with E-state index in [9.17, 15) is 13.6 Å². The Morgan fingerprint density at radius 2 is 1.86 bits per heavy atom. The predicted octanol–water partition coefficient (Wildman–Crippen LogP) is 3.94. The summed E-state index contributed by atoms with van der Waals surface area (Å²) in [6.07, 6.45) is -0.465. The highest BCUT2D eigenvalue weighted by Gasteiger charge is 2.15. The molecule has 1 aromatic carbocycles. The number of anilines is 1. The molecule has 1 rings (SSSR count). The summed E-state index contributed by atoms with van der Waals surface area (Å²) >= 11 is 0.510. The first kappa shape index (κ1) is 17.6. The van der Waals surface area contributed by atoms with Gasteiger partial charge in [-0.15, -0.1) is 0 Å². The van der Waals surface area contributed by atoms with Gasteiger partial charge in [0.2, 0.25) is 0 Å². The van der Waals surface area contributed by atoms with Crippen molar-refractivity contribution in [3.8, 4) is 0 Å². The zero-order valence-corrected chi connectivity index (χ0v) is 13.1. The summed E-state index contributed by atoms with van der Waals surface area (Å²) in [5.74, 6) is -2.41. The summed E-state index contributed by atoms with van der Waals surface area (Å²) < 4.78 is 29.4. The Balaban J connectivity index is 2.25. The van der Waals surface area contributed by atoms with Gasteiger partial charge in [0.25, 0.3) is 5.76 Å². The molecule has 7 heteroatoms. The number of amides is 1. The molecule has 0 aromatic heterocycles. The fraction of sp³-hybridized carbons (Fsp3) is 0.500. The fourth-order valence-electron chi connectivity index (χ4n) is 1.44. The second kappa shape index (κ2) is 8.07. The molecule has 0 heterocycles. The lowest BCUT2D eigenvalue weighted by molar-refractivity contribution is 0.0530. The monoisotopic (exact) mass is 318 g/mol. The highest BCUT2D eigenvalue weighted by Crippen LogP contribution is 2.25. The van der Waals surface area contributed by atoms with Crippen molar-refractivity contribution in [1.82, 2.24) is 5.32 Å². The number of halogens is 2. The van der Waals surface area contributed by atoms with Gasteiger partial charge in [-0.2, -0.15) is 8.78 Å².